The molecule has 1 unspecified atom stereocenters. The first kappa shape index (κ1) is 14.1. The summed E-state index contributed by atoms with van der Waals surface area (Å²) in [6.07, 6.45) is 2.49. The maximum absolute atomic E-state index is 12.3. The number of nitrogens with zero attached hydrogens (tertiary/aromatic N) is 1. The Morgan fingerprint density at radius 3 is 2.89 bits per heavy atom. The fourth-order valence-electron chi connectivity index (χ4n) is 2.41. The second kappa shape index (κ2) is 5.74. The lowest BCUT2D eigenvalue weighted by Gasteiger charge is -2.24. The first-order chi connectivity index (χ1) is 9.04. The van der Waals surface area contributed by atoms with Crippen molar-refractivity contribution in [1.29, 1.82) is 0 Å². The Bertz CT molecular complexity index is 516. The number of fused-ring (bicyclic) bond motifs is 1. The van der Waals surface area contributed by atoms with Gasteiger partial charge in [-0.2, -0.15) is 0 Å². The third kappa shape index (κ3) is 2.81. The zero-order valence-corrected chi connectivity index (χ0v) is 12.4. The Morgan fingerprint density at radius 2 is 2.26 bits per heavy atom. The van der Waals surface area contributed by atoms with Crippen molar-refractivity contribution in [3.05, 3.63) is 33.8 Å². The quantitative estimate of drug-likeness (QED) is 0.904. The van der Waals surface area contributed by atoms with Gasteiger partial charge in [0.2, 0.25) is 5.91 Å². The van der Waals surface area contributed by atoms with Crippen LogP contribution < -0.4 is 5.73 Å². The molecule has 1 atom stereocenters. The third-order valence-corrected chi connectivity index (χ3v) is 3.93. The van der Waals surface area contributed by atoms with Crippen LogP contribution in [-0.2, 0) is 11.3 Å². The molecule has 102 valence electrons. The molecule has 0 aromatic heterocycles. The van der Waals surface area contributed by atoms with E-state index in [4.69, 9.17) is 5.73 Å². The lowest BCUT2D eigenvalue weighted by atomic mass is 10.1. The lowest BCUT2D eigenvalue weighted by Crippen LogP contribution is -2.44. The van der Waals surface area contributed by atoms with Crippen LogP contribution in [0.25, 0.3) is 0 Å². The Kier molecular flexibility index (Phi) is 4.24. The van der Waals surface area contributed by atoms with E-state index in [0.717, 1.165) is 22.9 Å². The van der Waals surface area contributed by atoms with Gasteiger partial charge in [-0.05, 0) is 30.2 Å². The minimum Gasteiger partial charge on any atom is -0.368 e. The van der Waals surface area contributed by atoms with Gasteiger partial charge in [-0.1, -0.05) is 35.7 Å². The second-order valence-electron chi connectivity index (χ2n) is 4.79. The van der Waals surface area contributed by atoms with Crippen LogP contribution in [0.15, 0.2) is 22.7 Å². The molecule has 2 amide bonds. The summed E-state index contributed by atoms with van der Waals surface area (Å²) in [6.45, 7) is 2.51. The van der Waals surface area contributed by atoms with Crippen LogP contribution in [0.3, 0.4) is 0 Å². The van der Waals surface area contributed by atoms with Crippen molar-refractivity contribution in [2.75, 3.05) is 0 Å². The highest BCUT2D eigenvalue weighted by Crippen LogP contribution is 2.28. The molecule has 4 nitrogen and oxygen atoms in total. The van der Waals surface area contributed by atoms with Crippen LogP contribution in [0.4, 0.5) is 0 Å². The molecule has 0 bridgehead atoms. The van der Waals surface area contributed by atoms with Gasteiger partial charge in [0.25, 0.3) is 5.91 Å². The number of benzene rings is 1. The molecule has 0 radical (unpaired) electrons. The number of carbonyl (C=O) groups excluding carboxylic acids is 2. The molecule has 2 rings (SSSR count). The van der Waals surface area contributed by atoms with Gasteiger partial charge in [0.15, 0.2) is 0 Å². The van der Waals surface area contributed by atoms with Gasteiger partial charge in [-0.15, -0.1) is 0 Å². The first-order valence-electron chi connectivity index (χ1n) is 6.43. The third-order valence-electron chi connectivity index (χ3n) is 3.44. The van der Waals surface area contributed by atoms with Gasteiger partial charge >= 0.3 is 0 Å². The molecule has 2 N–H and O–H groups in total. The van der Waals surface area contributed by atoms with Crippen molar-refractivity contribution in [3.63, 3.8) is 0 Å². The normalized spacial score (nSPS) is 15.5. The number of amides is 2. The van der Waals surface area contributed by atoms with Crippen LogP contribution in [0.1, 0.15) is 42.1 Å². The molecular weight excluding hydrogens is 308 g/mol. The number of halogens is 1. The lowest BCUT2D eigenvalue weighted by molar-refractivity contribution is -0.122. The van der Waals surface area contributed by atoms with Gasteiger partial charge in [0.1, 0.15) is 6.04 Å². The van der Waals surface area contributed by atoms with Crippen LogP contribution in [0.2, 0.25) is 0 Å². The zero-order valence-electron chi connectivity index (χ0n) is 10.9. The second-order valence-corrected chi connectivity index (χ2v) is 5.71. The summed E-state index contributed by atoms with van der Waals surface area (Å²) in [4.78, 5) is 25.5. The van der Waals surface area contributed by atoms with Crippen LogP contribution in [0, 0.1) is 0 Å². The number of unbranched alkanes of at least 4 members (excludes halogenated alkanes) is 1. The Labute approximate surface area is 121 Å². The van der Waals surface area contributed by atoms with E-state index in [2.05, 4.69) is 22.9 Å². The van der Waals surface area contributed by atoms with E-state index in [-0.39, 0.29) is 5.91 Å². The molecule has 1 aromatic rings. The fraction of sp³-hybridized carbons (Fsp3) is 0.429. The van der Waals surface area contributed by atoms with E-state index in [1.54, 1.807) is 11.0 Å². The molecule has 1 aromatic carbocycles. The molecular formula is C14H17BrN2O2. The summed E-state index contributed by atoms with van der Waals surface area (Å²) >= 11 is 3.39. The maximum atomic E-state index is 12.3. The Hall–Kier alpha value is -1.36. The molecule has 0 saturated carbocycles. The number of hydrogen-bond acceptors (Lipinski definition) is 2. The van der Waals surface area contributed by atoms with Gasteiger partial charge in [-0.3, -0.25) is 9.59 Å². The number of carbonyl (C=O) groups is 2. The molecule has 0 aliphatic carbocycles. The van der Waals surface area contributed by atoms with Crippen molar-refractivity contribution in [1.82, 2.24) is 4.90 Å². The summed E-state index contributed by atoms with van der Waals surface area (Å²) in [6, 6.07) is 5.05. The predicted molar refractivity (Wildman–Crippen MR) is 76.5 cm³/mol. The van der Waals surface area contributed by atoms with Gasteiger partial charge in [0.05, 0.1) is 0 Å². The summed E-state index contributed by atoms with van der Waals surface area (Å²) in [5, 5.41) is 0. The van der Waals surface area contributed by atoms with Gasteiger partial charge in [0, 0.05) is 16.6 Å². The van der Waals surface area contributed by atoms with Gasteiger partial charge < -0.3 is 10.6 Å². The smallest absolute Gasteiger partial charge is 0.255 e. The van der Waals surface area contributed by atoms with E-state index in [0.29, 0.717) is 18.5 Å². The fourth-order valence-corrected chi connectivity index (χ4v) is 2.82. The highest BCUT2D eigenvalue weighted by Gasteiger charge is 2.34. The Balaban J connectivity index is 2.23. The molecule has 0 saturated heterocycles. The molecule has 0 fully saturated rings. The SMILES string of the molecule is CCCCC(C(N)=O)N1Cc2cc(Br)ccc2C1=O. The van der Waals surface area contributed by atoms with Crippen LogP contribution >= 0.6 is 15.9 Å². The van der Waals surface area contributed by atoms with Crippen molar-refractivity contribution in [2.24, 2.45) is 5.73 Å². The van der Waals surface area contributed by atoms with Crippen molar-refractivity contribution < 1.29 is 9.59 Å². The van der Waals surface area contributed by atoms with Crippen LogP contribution in [-0.4, -0.2) is 22.8 Å². The minimum atomic E-state index is -0.501. The number of primary amides is 1. The maximum Gasteiger partial charge on any atom is 0.255 e. The minimum absolute atomic E-state index is 0.0950. The first-order valence-corrected chi connectivity index (χ1v) is 7.22. The van der Waals surface area contributed by atoms with Crippen molar-refractivity contribution in [3.8, 4) is 0 Å². The molecule has 0 spiro atoms. The molecule has 19 heavy (non-hydrogen) atoms. The molecule has 1 heterocycles. The zero-order chi connectivity index (χ0) is 14.0. The number of rotatable bonds is 5. The largest absolute Gasteiger partial charge is 0.368 e. The standard InChI is InChI=1S/C14H17BrN2O2/c1-2-3-4-12(13(16)18)17-8-9-7-10(15)5-6-11(9)14(17)19/h5-7,12H,2-4,8H2,1H3,(H2,16,18). The summed E-state index contributed by atoms with van der Waals surface area (Å²) in [5.41, 5.74) is 7.06. The molecule has 1 aliphatic rings. The van der Waals surface area contributed by atoms with Gasteiger partial charge in [-0.25, -0.2) is 0 Å². The summed E-state index contributed by atoms with van der Waals surface area (Å²) in [7, 11) is 0. The number of hydrogen-bond donors (Lipinski definition) is 1. The molecule has 5 heteroatoms. The van der Waals surface area contributed by atoms with E-state index in [1.807, 2.05) is 12.1 Å². The number of nitrogens with two attached hydrogens (primary N) is 1. The van der Waals surface area contributed by atoms with E-state index >= 15 is 0 Å². The van der Waals surface area contributed by atoms with Crippen molar-refractivity contribution in [2.45, 2.75) is 38.8 Å². The monoisotopic (exact) mass is 324 g/mol. The molecule has 1 aliphatic heterocycles. The van der Waals surface area contributed by atoms with E-state index in [1.165, 1.54) is 0 Å². The van der Waals surface area contributed by atoms with E-state index < -0.39 is 11.9 Å². The highest BCUT2D eigenvalue weighted by atomic mass is 79.9. The average molecular weight is 325 g/mol. The summed E-state index contributed by atoms with van der Waals surface area (Å²) < 4.78 is 0.935. The topological polar surface area (TPSA) is 63.4 Å². The van der Waals surface area contributed by atoms with Crippen molar-refractivity contribution >= 4 is 27.7 Å². The Morgan fingerprint density at radius 1 is 1.53 bits per heavy atom. The van der Waals surface area contributed by atoms with Crippen LogP contribution in [0.5, 0.6) is 0 Å². The summed E-state index contributed by atoms with van der Waals surface area (Å²) in [5.74, 6) is -0.518. The average Bonchev–Trinajstić information content (AvgIpc) is 2.66. The predicted octanol–water partition coefficient (Wildman–Crippen LogP) is 2.45. The highest BCUT2D eigenvalue weighted by molar-refractivity contribution is 9.10. The van der Waals surface area contributed by atoms with E-state index in [9.17, 15) is 9.59 Å².